The minimum atomic E-state index is -3.04. The highest BCUT2D eigenvalue weighted by Crippen LogP contribution is 2.33. The Balaban J connectivity index is 1.84. The molecule has 0 amide bonds. The molecule has 1 N–H and O–H groups in total. The first-order valence-electron chi connectivity index (χ1n) is 6.98. The van der Waals surface area contributed by atoms with Crippen LogP contribution >= 0.6 is 0 Å². The zero-order valence-corrected chi connectivity index (χ0v) is 12.7. The molecule has 0 saturated carbocycles. The van der Waals surface area contributed by atoms with Gasteiger partial charge in [-0.1, -0.05) is 12.1 Å². The Morgan fingerprint density at radius 3 is 2.60 bits per heavy atom. The number of aromatic amines is 1. The van der Waals surface area contributed by atoms with Crippen molar-refractivity contribution in [1.82, 2.24) is 9.29 Å². The predicted octanol–water partition coefficient (Wildman–Crippen LogP) is 2.62. The summed E-state index contributed by atoms with van der Waals surface area (Å²) in [5.74, 6) is 0.449. The molecule has 2 aromatic rings. The first-order valence-corrected chi connectivity index (χ1v) is 8.83. The summed E-state index contributed by atoms with van der Waals surface area (Å²) < 4.78 is 24.7. The zero-order chi connectivity index (χ0) is 14.3. The molecule has 1 fully saturated rings. The molecule has 108 valence electrons. The van der Waals surface area contributed by atoms with Crippen molar-refractivity contribution < 1.29 is 8.42 Å². The molecule has 1 saturated heterocycles. The van der Waals surface area contributed by atoms with Crippen molar-refractivity contribution in [3.8, 4) is 0 Å². The second kappa shape index (κ2) is 4.90. The van der Waals surface area contributed by atoms with Crippen LogP contribution in [0.25, 0.3) is 10.9 Å². The van der Waals surface area contributed by atoms with Gasteiger partial charge in [-0.2, -0.15) is 0 Å². The van der Waals surface area contributed by atoms with Crippen LogP contribution in [0.5, 0.6) is 0 Å². The number of piperidine rings is 1. The lowest BCUT2D eigenvalue weighted by Gasteiger charge is -2.30. The van der Waals surface area contributed by atoms with Crippen LogP contribution in [0.4, 0.5) is 0 Å². The van der Waals surface area contributed by atoms with Gasteiger partial charge in [0.1, 0.15) is 0 Å². The largest absolute Gasteiger partial charge is 0.361 e. The first-order chi connectivity index (χ1) is 9.45. The number of hydrogen-bond acceptors (Lipinski definition) is 2. The summed E-state index contributed by atoms with van der Waals surface area (Å²) in [5, 5.41) is 1.27. The van der Waals surface area contributed by atoms with Gasteiger partial charge < -0.3 is 4.98 Å². The third kappa shape index (κ3) is 2.47. The van der Waals surface area contributed by atoms with Gasteiger partial charge in [0, 0.05) is 30.2 Å². The average molecular weight is 292 g/mol. The van der Waals surface area contributed by atoms with E-state index in [1.54, 1.807) is 4.31 Å². The molecule has 0 unspecified atom stereocenters. The van der Waals surface area contributed by atoms with Gasteiger partial charge in [0.2, 0.25) is 10.0 Å². The van der Waals surface area contributed by atoms with E-state index in [2.05, 4.69) is 36.3 Å². The van der Waals surface area contributed by atoms with Crippen LogP contribution in [0.1, 0.15) is 29.9 Å². The molecule has 0 atom stereocenters. The molecule has 1 aromatic heterocycles. The van der Waals surface area contributed by atoms with Gasteiger partial charge in [0.25, 0.3) is 0 Å². The lowest BCUT2D eigenvalue weighted by atomic mass is 9.90. The second-order valence-corrected chi connectivity index (χ2v) is 7.71. The van der Waals surface area contributed by atoms with Gasteiger partial charge in [-0.15, -0.1) is 0 Å². The molecule has 0 spiro atoms. The van der Waals surface area contributed by atoms with Gasteiger partial charge in [0.05, 0.1) is 6.26 Å². The molecular weight excluding hydrogens is 272 g/mol. The van der Waals surface area contributed by atoms with E-state index in [1.807, 2.05) is 0 Å². The molecule has 3 rings (SSSR count). The third-order valence-corrected chi connectivity index (χ3v) is 5.54. The van der Waals surface area contributed by atoms with Crippen molar-refractivity contribution in [2.75, 3.05) is 19.3 Å². The molecule has 4 nitrogen and oxygen atoms in total. The molecule has 5 heteroatoms. The summed E-state index contributed by atoms with van der Waals surface area (Å²) in [6.45, 7) is 3.34. The van der Waals surface area contributed by atoms with Crippen LogP contribution in [-0.4, -0.2) is 37.1 Å². The van der Waals surface area contributed by atoms with Crippen LogP contribution in [0.15, 0.2) is 24.4 Å². The topological polar surface area (TPSA) is 53.2 Å². The second-order valence-electron chi connectivity index (χ2n) is 5.73. The Morgan fingerprint density at radius 1 is 1.25 bits per heavy atom. The van der Waals surface area contributed by atoms with E-state index in [0.29, 0.717) is 19.0 Å². The van der Waals surface area contributed by atoms with Gasteiger partial charge in [-0.05, 0) is 42.9 Å². The molecular formula is C15H20N2O2S. The Bertz CT molecular complexity index is 725. The van der Waals surface area contributed by atoms with Crippen LogP contribution in [0.2, 0.25) is 0 Å². The predicted molar refractivity (Wildman–Crippen MR) is 81.4 cm³/mol. The quantitative estimate of drug-likeness (QED) is 0.925. The highest BCUT2D eigenvalue weighted by molar-refractivity contribution is 7.88. The number of aromatic nitrogens is 1. The maximum absolute atomic E-state index is 11.5. The fourth-order valence-electron chi connectivity index (χ4n) is 3.10. The molecule has 1 aromatic carbocycles. The van der Waals surface area contributed by atoms with Crippen molar-refractivity contribution in [2.45, 2.75) is 25.7 Å². The summed E-state index contributed by atoms with van der Waals surface area (Å²) in [5.41, 5.74) is 3.75. The van der Waals surface area contributed by atoms with Gasteiger partial charge in [0.15, 0.2) is 0 Å². The molecule has 0 radical (unpaired) electrons. The average Bonchev–Trinajstić information content (AvgIpc) is 2.80. The van der Waals surface area contributed by atoms with Gasteiger partial charge in [-0.25, -0.2) is 12.7 Å². The first kappa shape index (κ1) is 13.6. The number of hydrogen-bond donors (Lipinski definition) is 1. The monoisotopic (exact) mass is 292 g/mol. The molecule has 1 aliphatic heterocycles. The van der Waals surface area contributed by atoms with Crippen molar-refractivity contribution in [1.29, 1.82) is 0 Å². The number of benzene rings is 1. The number of rotatable bonds is 2. The summed E-state index contributed by atoms with van der Waals surface area (Å²) in [4.78, 5) is 3.34. The minimum Gasteiger partial charge on any atom is -0.361 e. The van der Waals surface area contributed by atoms with Crippen molar-refractivity contribution in [3.05, 3.63) is 35.5 Å². The highest BCUT2D eigenvalue weighted by atomic mass is 32.2. The van der Waals surface area contributed by atoms with E-state index in [1.165, 1.54) is 28.3 Å². The molecule has 2 heterocycles. The SMILES string of the molecule is Cc1ccc2c(C3CCN(S(C)(=O)=O)CC3)c[nH]c2c1. The Hall–Kier alpha value is -1.33. The lowest BCUT2D eigenvalue weighted by molar-refractivity contribution is 0.322. The summed E-state index contributed by atoms with van der Waals surface area (Å²) in [6.07, 6.45) is 5.18. The number of H-pyrrole nitrogens is 1. The Morgan fingerprint density at radius 2 is 1.95 bits per heavy atom. The van der Waals surface area contributed by atoms with Gasteiger partial charge >= 0.3 is 0 Å². The Labute approximate surface area is 119 Å². The van der Waals surface area contributed by atoms with E-state index in [0.717, 1.165) is 12.8 Å². The van der Waals surface area contributed by atoms with Crippen LogP contribution in [0.3, 0.4) is 0 Å². The van der Waals surface area contributed by atoms with Crippen molar-refractivity contribution >= 4 is 20.9 Å². The van der Waals surface area contributed by atoms with E-state index in [-0.39, 0.29) is 0 Å². The Kier molecular flexibility index (Phi) is 3.34. The number of fused-ring (bicyclic) bond motifs is 1. The van der Waals surface area contributed by atoms with Gasteiger partial charge in [-0.3, -0.25) is 0 Å². The van der Waals surface area contributed by atoms with Crippen molar-refractivity contribution in [2.24, 2.45) is 0 Å². The fraction of sp³-hybridized carbons (Fsp3) is 0.467. The van der Waals surface area contributed by atoms with Crippen molar-refractivity contribution in [3.63, 3.8) is 0 Å². The number of nitrogens with zero attached hydrogens (tertiary/aromatic N) is 1. The maximum atomic E-state index is 11.5. The van der Waals surface area contributed by atoms with Crippen LogP contribution < -0.4 is 0 Å². The van der Waals surface area contributed by atoms with Crippen LogP contribution in [-0.2, 0) is 10.0 Å². The molecule has 1 aliphatic rings. The molecule has 0 aliphatic carbocycles. The number of aryl methyl sites for hydroxylation is 1. The molecule has 0 bridgehead atoms. The minimum absolute atomic E-state index is 0.449. The summed E-state index contributed by atoms with van der Waals surface area (Å²) >= 11 is 0. The fourth-order valence-corrected chi connectivity index (χ4v) is 3.97. The third-order valence-electron chi connectivity index (χ3n) is 4.23. The number of sulfonamides is 1. The lowest BCUT2D eigenvalue weighted by Crippen LogP contribution is -2.37. The number of nitrogens with one attached hydrogen (secondary N) is 1. The highest BCUT2D eigenvalue weighted by Gasteiger charge is 2.26. The van der Waals surface area contributed by atoms with E-state index in [9.17, 15) is 8.42 Å². The standard InChI is InChI=1S/C15H20N2O2S/c1-11-3-4-13-14(10-16-15(13)9-11)12-5-7-17(8-6-12)20(2,18)19/h3-4,9-10,12,16H,5-8H2,1-2H3. The summed E-state index contributed by atoms with van der Waals surface area (Å²) in [7, 11) is -3.04. The van der Waals surface area contributed by atoms with E-state index >= 15 is 0 Å². The maximum Gasteiger partial charge on any atom is 0.211 e. The summed E-state index contributed by atoms with van der Waals surface area (Å²) in [6, 6.07) is 6.45. The smallest absolute Gasteiger partial charge is 0.211 e. The molecule has 20 heavy (non-hydrogen) atoms. The normalized spacial score (nSPS) is 18.7. The van der Waals surface area contributed by atoms with E-state index in [4.69, 9.17) is 0 Å². The zero-order valence-electron chi connectivity index (χ0n) is 11.9. The van der Waals surface area contributed by atoms with E-state index < -0.39 is 10.0 Å². The van der Waals surface area contributed by atoms with Crippen LogP contribution in [0, 0.1) is 6.92 Å².